The average molecular weight is 241 g/mol. The van der Waals surface area contributed by atoms with Gasteiger partial charge in [0.05, 0.1) is 0 Å². The molecule has 70 valence electrons. The van der Waals surface area contributed by atoms with E-state index in [-0.39, 0.29) is 0 Å². The Kier molecular flexibility index (Phi) is 3.42. The summed E-state index contributed by atoms with van der Waals surface area (Å²) in [7, 11) is 0. The van der Waals surface area contributed by atoms with Crippen molar-refractivity contribution in [1.82, 2.24) is 0 Å². The van der Waals surface area contributed by atoms with E-state index in [1.54, 1.807) is 0 Å². The molecular formula is C11H14OSe. The molecule has 0 amide bonds. The molecule has 0 N–H and O–H groups in total. The van der Waals surface area contributed by atoms with E-state index in [0.717, 1.165) is 6.61 Å². The van der Waals surface area contributed by atoms with Gasteiger partial charge in [0.25, 0.3) is 0 Å². The minimum absolute atomic E-state index is 0.590. The van der Waals surface area contributed by atoms with Gasteiger partial charge >= 0.3 is 85.4 Å². The number of ether oxygens (including phenoxy) is 1. The summed E-state index contributed by atoms with van der Waals surface area (Å²) in [5.74, 6) is 0. The van der Waals surface area contributed by atoms with Crippen molar-refractivity contribution in [3.05, 3.63) is 35.9 Å². The van der Waals surface area contributed by atoms with Gasteiger partial charge < -0.3 is 0 Å². The van der Waals surface area contributed by atoms with Crippen LogP contribution in [-0.4, -0.2) is 26.6 Å². The van der Waals surface area contributed by atoms with Crippen molar-refractivity contribution in [2.24, 2.45) is 0 Å². The minimum atomic E-state index is 0.590. The fourth-order valence-electron chi connectivity index (χ4n) is 1.44. The first-order valence-corrected chi connectivity index (χ1v) is 6.92. The van der Waals surface area contributed by atoms with Crippen LogP contribution in [0.4, 0.5) is 0 Å². The van der Waals surface area contributed by atoms with Crippen molar-refractivity contribution in [1.29, 1.82) is 0 Å². The fraction of sp³-hybridized carbons (Fsp3) is 0.455. The zero-order valence-electron chi connectivity index (χ0n) is 7.61. The molecule has 1 aromatic rings. The van der Waals surface area contributed by atoms with E-state index in [1.807, 2.05) is 0 Å². The van der Waals surface area contributed by atoms with E-state index >= 15 is 0 Å². The van der Waals surface area contributed by atoms with Gasteiger partial charge in [-0.25, -0.2) is 0 Å². The molecule has 0 aliphatic carbocycles. The van der Waals surface area contributed by atoms with Gasteiger partial charge in [0, 0.05) is 0 Å². The molecule has 1 aromatic carbocycles. The van der Waals surface area contributed by atoms with Crippen LogP contribution < -0.4 is 0 Å². The SMILES string of the molecule is c1ccc(C[Se][C@H]2CCCO2)cc1. The summed E-state index contributed by atoms with van der Waals surface area (Å²) in [6, 6.07) is 10.7. The van der Waals surface area contributed by atoms with Crippen LogP contribution in [0, 0.1) is 0 Å². The van der Waals surface area contributed by atoms with Crippen molar-refractivity contribution in [3.63, 3.8) is 0 Å². The summed E-state index contributed by atoms with van der Waals surface area (Å²) in [6.45, 7) is 0.987. The third kappa shape index (κ3) is 2.84. The third-order valence-electron chi connectivity index (χ3n) is 2.17. The van der Waals surface area contributed by atoms with Gasteiger partial charge in [-0.05, 0) is 0 Å². The van der Waals surface area contributed by atoms with Crippen molar-refractivity contribution >= 4 is 15.0 Å². The summed E-state index contributed by atoms with van der Waals surface area (Å²) in [5, 5.41) is 1.81. The molecule has 0 radical (unpaired) electrons. The fourth-order valence-corrected chi connectivity index (χ4v) is 3.74. The molecule has 1 heterocycles. The summed E-state index contributed by atoms with van der Waals surface area (Å²) in [5.41, 5.74) is 1.46. The second kappa shape index (κ2) is 4.80. The molecule has 1 aliphatic heterocycles. The van der Waals surface area contributed by atoms with Crippen LogP contribution in [0.25, 0.3) is 0 Å². The Bertz CT molecular complexity index is 242. The first-order valence-electron chi connectivity index (χ1n) is 4.72. The van der Waals surface area contributed by atoms with E-state index in [4.69, 9.17) is 4.74 Å². The molecule has 0 aromatic heterocycles. The van der Waals surface area contributed by atoms with Crippen LogP contribution in [0.3, 0.4) is 0 Å². The van der Waals surface area contributed by atoms with E-state index in [0.29, 0.717) is 20.0 Å². The Balaban J connectivity index is 1.79. The molecule has 2 rings (SSSR count). The van der Waals surface area contributed by atoms with Crippen molar-refractivity contribution in [2.45, 2.75) is 23.2 Å². The second-order valence-electron chi connectivity index (χ2n) is 3.24. The van der Waals surface area contributed by atoms with Crippen LogP contribution in [-0.2, 0) is 10.1 Å². The Morgan fingerprint density at radius 2 is 2.15 bits per heavy atom. The molecule has 1 nitrogen and oxygen atoms in total. The molecule has 0 spiro atoms. The molecule has 1 fully saturated rings. The van der Waals surface area contributed by atoms with Crippen LogP contribution in [0.15, 0.2) is 30.3 Å². The average Bonchev–Trinajstić information content (AvgIpc) is 2.69. The van der Waals surface area contributed by atoms with E-state index in [2.05, 4.69) is 30.3 Å². The summed E-state index contributed by atoms with van der Waals surface area (Å²) >= 11 is 0.637. The summed E-state index contributed by atoms with van der Waals surface area (Å²) in [6.07, 6.45) is 2.55. The maximum atomic E-state index is 5.60. The molecule has 0 bridgehead atoms. The van der Waals surface area contributed by atoms with Crippen LogP contribution in [0.5, 0.6) is 0 Å². The van der Waals surface area contributed by atoms with Gasteiger partial charge in [-0.1, -0.05) is 0 Å². The van der Waals surface area contributed by atoms with E-state index < -0.39 is 0 Å². The molecule has 1 saturated heterocycles. The van der Waals surface area contributed by atoms with Crippen molar-refractivity contribution in [3.8, 4) is 0 Å². The van der Waals surface area contributed by atoms with Crippen molar-refractivity contribution in [2.75, 3.05) is 6.61 Å². The summed E-state index contributed by atoms with van der Waals surface area (Å²) in [4.78, 5) is 0. The van der Waals surface area contributed by atoms with Gasteiger partial charge in [-0.15, -0.1) is 0 Å². The predicted molar refractivity (Wildman–Crippen MR) is 54.9 cm³/mol. The number of hydrogen-bond donors (Lipinski definition) is 0. The molecule has 1 aliphatic rings. The van der Waals surface area contributed by atoms with Gasteiger partial charge in [0.2, 0.25) is 0 Å². The molecular weight excluding hydrogens is 227 g/mol. The van der Waals surface area contributed by atoms with Crippen LogP contribution >= 0.6 is 0 Å². The Hall–Kier alpha value is -0.301. The summed E-state index contributed by atoms with van der Waals surface area (Å²) < 4.78 is 5.60. The third-order valence-corrected chi connectivity index (χ3v) is 4.78. The zero-order valence-corrected chi connectivity index (χ0v) is 9.32. The Morgan fingerprint density at radius 3 is 2.85 bits per heavy atom. The first kappa shape index (κ1) is 9.26. The van der Waals surface area contributed by atoms with Gasteiger partial charge in [-0.3, -0.25) is 0 Å². The first-order chi connectivity index (χ1) is 6.45. The van der Waals surface area contributed by atoms with Gasteiger partial charge in [-0.2, -0.15) is 0 Å². The standard InChI is InChI=1S/C11H14OSe/c1-2-5-10(6-3-1)9-13-11-7-4-8-12-11/h1-3,5-6,11H,4,7-9H2/t11-/m0/s1. The van der Waals surface area contributed by atoms with E-state index in [9.17, 15) is 0 Å². The normalized spacial score (nSPS) is 22.0. The van der Waals surface area contributed by atoms with Gasteiger partial charge in [0.1, 0.15) is 0 Å². The second-order valence-corrected chi connectivity index (χ2v) is 5.65. The molecule has 0 unspecified atom stereocenters. The quantitative estimate of drug-likeness (QED) is 0.736. The van der Waals surface area contributed by atoms with E-state index in [1.165, 1.54) is 23.7 Å². The molecule has 2 heteroatoms. The van der Waals surface area contributed by atoms with Crippen molar-refractivity contribution < 1.29 is 4.74 Å². The topological polar surface area (TPSA) is 9.23 Å². The monoisotopic (exact) mass is 242 g/mol. The molecule has 0 saturated carbocycles. The number of benzene rings is 1. The van der Waals surface area contributed by atoms with Gasteiger partial charge in [0.15, 0.2) is 0 Å². The zero-order chi connectivity index (χ0) is 8.93. The Labute approximate surface area is 85.6 Å². The molecule has 1 atom stereocenters. The maximum absolute atomic E-state index is 5.60. The van der Waals surface area contributed by atoms with Crippen LogP contribution in [0.1, 0.15) is 18.4 Å². The molecule has 13 heavy (non-hydrogen) atoms. The van der Waals surface area contributed by atoms with Crippen LogP contribution in [0.2, 0.25) is 0 Å². The Morgan fingerprint density at radius 1 is 1.31 bits per heavy atom. The number of rotatable bonds is 3. The predicted octanol–water partition coefficient (Wildman–Crippen LogP) is 2.03. The number of hydrogen-bond acceptors (Lipinski definition) is 1.